The zero-order valence-electron chi connectivity index (χ0n) is 17.1. The van der Waals surface area contributed by atoms with Gasteiger partial charge in [-0.1, -0.05) is 37.3 Å². The van der Waals surface area contributed by atoms with Crippen LogP contribution in [0.5, 0.6) is 11.5 Å². The van der Waals surface area contributed by atoms with Gasteiger partial charge in [0.05, 0.1) is 12.8 Å². The predicted molar refractivity (Wildman–Crippen MR) is 117 cm³/mol. The molecule has 0 atom stereocenters. The van der Waals surface area contributed by atoms with Crippen LogP contribution in [0.2, 0.25) is 0 Å². The lowest BCUT2D eigenvalue weighted by Crippen LogP contribution is -2.21. The number of hydrogen-bond donors (Lipinski definition) is 2. The molecule has 0 heterocycles. The molecule has 0 saturated carbocycles. The molecule has 3 rings (SSSR count). The van der Waals surface area contributed by atoms with E-state index in [2.05, 4.69) is 41.8 Å². The molecule has 0 unspecified atom stereocenters. The van der Waals surface area contributed by atoms with Gasteiger partial charge in [0.1, 0.15) is 5.82 Å². The maximum Gasteiger partial charge on any atom is 0.262 e. The predicted octanol–water partition coefficient (Wildman–Crippen LogP) is 5.03. The van der Waals surface area contributed by atoms with Gasteiger partial charge in [0.15, 0.2) is 18.1 Å². The zero-order valence-corrected chi connectivity index (χ0v) is 17.1. The number of ether oxygens (including phenoxy) is 2. The zero-order chi connectivity index (χ0) is 21.3. The Hall–Kier alpha value is -3.54. The molecule has 0 aliphatic carbocycles. The Morgan fingerprint density at radius 1 is 0.967 bits per heavy atom. The van der Waals surface area contributed by atoms with E-state index in [0.717, 1.165) is 17.7 Å². The van der Waals surface area contributed by atoms with E-state index in [1.807, 2.05) is 12.1 Å². The van der Waals surface area contributed by atoms with Crippen molar-refractivity contribution in [3.8, 4) is 11.5 Å². The Morgan fingerprint density at radius 2 is 1.70 bits per heavy atom. The quantitative estimate of drug-likeness (QED) is 0.522. The number of carbonyl (C=O) groups is 1. The van der Waals surface area contributed by atoms with Crippen LogP contribution in [0, 0.1) is 5.82 Å². The van der Waals surface area contributed by atoms with Crippen LogP contribution in [0.15, 0.2) is 66.7 Å². The maximum atomic E-state index is 13.6. The number of methoxy groups -OCH3 is 1. The number of para-hydroxylation sites is 1. The number of aryl methyl sites for hydroxylation is 1. The molecule has 0 aliphatic heterocycles. The largest absolute Gasteiger partial charge is 0.493 e. The first-order chi connectivity index (χ1) is 14.6. The van der Waals surface area contributed by atoms with Crippen LogP contribution >= 0.6 is 0 Å². The molecule has 0 fully saturated rings. The average molecular weight is 408 g/mol. The van der Waals surface area contributed by atoms with Gasteiger partial charge in [0.25, 0.3) is 5.91 Å². The van der Waals surface area contributed by atoms with E-state index in [4.69, 9.17) is 9.47 Å². The van der Waals surface area contributed by atoms with Gasteiger partial charge >= 0.3 is 0 Å². The Balaban J connectivity index is 1.56. The molecule has 1 amide bonds. The molecule has 3 aromatic rings. The van der Waals surface area contributed by atoms with Gasteiger partial charge in [-0.3, -0.25) is 4.79 Å². The molecule has 0 bridgehead atoms. The normalized spacial score (nSPS) is 10.4. The van der Waals surface area contributed by atoms with Gasteiger partial charge in [-0.25, -0.2) is 4.39 Å². The highest BCUT2D eigenvalue weighted by Gasteiger charge is 2.10. The number of benzene rings is 3. The second kappa shape index (κ2) is 10.3. The van der Waals surface area contributed by atoms with Crippen LogP contribution in [-0.4, -0.2) is 19.6 Å². The molecule has 156 valence electrons. The summed E-state index contributed by atoms with van der Waals surface area (Å²) in [6, 6.07) is 19.8. The monoisotopic (exact) mass is 408 g/mol. The Bertz CT molecular complexity index is 990. The lowest BCUT2D eigenvalue weighted by molar-refractivity contribution is -0.118. The van der Waals surface area contributed by atoms with Crippen LogP contribution in [0.3, 0.4) is 0 Å². The number of anilines is 2. The van der Waals surface area contributed by atoms with Gasteiger partial charge in [-0.05, 0) is 53.9 Å². The number of rotatable bonds is 9. The minimum absolute atomic E-state index is 0.117. The number of halogens is 1. The molecule has 0 spiro atoms. The standard InChI is InChI=1S/C24H25FN2O3/c1-3-17-8-11-19(12-9-17)26-15-18-10-13-22(23(14-18)29-2)30-16-24(28)27-21-7-5-4-6-20(21)25/h4-14,26H,3,15-16H2,1-2H3,(H,27,28). The third-order valence-corrected chi connectivity index (χ3v) is 4.59. The van der Waals surface area contributed by atoms with Crippen molar-refractivity contribution in [1.29, 1.82) is 0 Å². The SMILES string of the molecule is CCc1ccc(NCc2ccc(OCC(=O)Nc3ccccc3F)c(OC)c2)cc1. The first-order valence-electron chi connectivity index (χ1n) is 9.76. The van der Waals surface area contributed by atoms with Gasteiger partial charge in [0.2, 0.25) is 0 Å². The molecule has 2 N–H and O–H groups in total. The van der Waals surface area contributed by atoms with E-state index in [1.54, 1.807) is 25.3 Å². The van der Waals surface area contributed by atoms with Gasteiger partial charge in [-0.2, -0.15) is 0 Å². The van der Waals surface area contributed by atoms with Crippen molar-refractivity contribution in [2.24, 2.45) is 0 Å². The molecule has 0 saturated heterocycles. The van der Waals surface area contributed by atoms with Crippen LogP contribution in [0.1, 0.15) is 18.1 Å². The van der Waals surface area contributed by atoms with E-state index in [-0.39, 0.29) is 12.3 Å². The number of amides is 1. The summed E-state index contributed by atoms with van der Waals surface area (Å²) in [5.74, 6) is 0.0135. The van der Waals surface area contributed by atoms with Crippen LogP contribution in [-0.2, 0) is 17.8 Å². The van der Waals surface area contributed by atoms with E-state index in [0.29, 0.717) is 18.0 Å². The summed E-state index contributed by atoms with van der Waals surface area (Å²) in [6.07, 6.45) is 1.01. The molecule has 6 heteroatoms. The van der Waals surface area contributed by atoms with Crippen molar-refractivity contribution in [2.45, 2.75) is 19.9 Å². The van der Waals surface area contributed by atoms with Crippen molar-refractivity contribution in [3.63, 3.8) is 0 Å². The average Bonchev–Trinajstić information content (AvgIpc) is 2.78. The van der Waals surface area contributed by atoms with Crippen molar-refractivity contribution in [2.75, 3.05) is 24.4 Å². The Kier molecular flexibility index (Phi) is 7.27. The van der Waals surface area contributed by atoms with Crippen molar-refractivity contribution in [1.82, 2.24) is 0 Å². The maximum absolute atomic E-state index is 13.6. The minimum Gasteiger partial charge on any atom is -0.493 e. The molecular weight excluding hydrogens is 383 g/mol. The smallest absolute Gasteiger partial charge is 0.262 e. The van der Waals surface area contributed by atoms with Gasteiger partial charge < -0.3 is 20.1 Å². The highest BCUT2D eigenvalue weighted by molar-refractivity contribution is 5.92. The van der Waals surface area contributed by atoms with Crippen molar-refractivity contribution in [3.05, 3.63) is 83.7 Å². The second-order valence-corrected chi connectivity index (χ2v) is 6.71. The minimum atomic E-state index is -0.496. The third-order valence-electron chi connectivity index (χ3n) is 4.59. The summed E-state index contributed by atoms with van der Waals surface area (Å²) in [5.41, 5.74) is 3.46. The van der Waals surface area contributed by atoms with Gasteiger partial charge in [0, 0.05) is 12.2 Å². The van der Waals surface area contributed by atoms with E-state index >= 15 is 0 Å². The highest BCUT2D eigenvalue weighted by Crippen LogP contribution is 2.28. The first-order valence-corrected chi connectivity index (χ1v) is 9.76. The first kappa shape index (κ1) is 21.2. The lowest BCUT2D eigenvalue weighted by Gasteiger charge is -2.13. The summed E-state index contributed by atoms with van der Waals surface area (Å²) in [4.78, 5) is 12.1. The van der Waals surface area contributed by atoms with E-state index in [1.165, 1.54) is 17.7 Å². The number of nitrogens with one attached hydrogen (secondary N) is 2. The van der Waals surface area contributed by atoms with Crippen LogP contribution in [0.4, 0.5) is 15.8 Å². The topological polar surface area (TPSA) is 59.6 Å². The molecule has 0 aromatic heterocycles. The Morgan fingerprint density at radius 3 is 2.40 bits per heavy atom. The van der Waals surface area contributed by atoms with Crippen LogP contribution in [0.25, 0.3) is 0 Å². The molecule has 0 radical (unpaired) electrons. The number of carbonyl (C=O) groups excluding carboxylic acids is 1. The fraction of sp³-hybridized carbons (Fsp3) is 0.208. The summed E-state index contributed by atoms with van der Waals surface area (Å²) in [6.45, 7) is 2.49. The Labute approximate surface area is 175 Å². The van der Waals surface area contributed by atoms with Crippen molar-refractivity contribution >= 4 is 17.3 Å². The molecule has 30 heavy (non-hydrogen) atoms. The lowest BCUT2D eigenvalue weighted by atomic mass is 10.1. The van der Waals surface area contributed by atoms with E-state index < -0.39 is 11.7 Å². The van der Waals surface area contributed by atoms with Crippen LogP contribution < -0.4 is 20.1 Å². The summed E-state index contributed by atoms with van der Waals surface area (Å²) in [5, 5.41) is 5.86. The summed E-state index contributed by atoms with van der Waals surface area (Å²) in [7, 11) is 1.54. The molecular formula is C24H25FN2O3. The molecule has 5 nitrogen and oxygen atoms in total. The van der Waals surface area contributed by atoms with E-state index in [9.17, 15) is 9.18 Å². The van der Waals surface area contributed by atoms with Gasteiger partial charge in [-0.15, -0.1) is 0 Å². The summed E-state index contributed by atoms with van der Waals surface area (Å²) >= 11 is 0. The fourth-order valence-electron chi connectivity index (χ4n) is 2.90. The van der Waals surface area contributed by atoms with Crippen molar-refractivity contribution < 1.29 is 18.7 Å². The molecule has 0 aliphatic rings. The second-order valence-electron chi connectivity index (χ2n) is 6.71. The molecule has 3 aromatic carbocycles. The third kappa shape index (κ3) is 5.73. The summed E-state index contributed by atoms with van der Waals surface area (Å²) < 4.78 is 24.6. The fourth-order valence-corrected chi connectivity index (χ4v) is 2.90. The highest BCUT2D eigenvalue weighted by atomic mass is 19.1. The number of hydrogen-bond acceptors (Lipinski definition) is 4.